The van der Waals surface area contributed by atoms with E-state index in [4.69, 9.17) is 0 Å². The van der Waals surface area contributed by atoms with Gasteiger partial charge in [-0.3, -0.25) is 10.1 Å². The van der Waals surface area contributed by atoms with Gasteiger partial charge in [0.25, 0.3) is 0 Å². The Morgan fingerprint density at radius 3 is 1.76 bits per heavy atom. The lowest BCUT2D eigenvalue weighted by atomic mass is 10.2. The lowest BCUT2D eigenvalue weighted by molar-refractivity contribution is 1.06. The van der Waals surface area contributed by atoms with Gasteiger partial charge in [-0.05, 0) is 31.2 Å². The predicted molar refractivity (Wildman–Crippen MR) is 89.6 cm³/mol. The van der Waals surface area contributed by atoms with Gasteiger partial charge in [0.15, 0.2) is 0 Å². The van der Waals surface area contributed by atoms with Crippen LogP contribution in [0.4, 0.5) is 5.69 Å². The highest BCUT2D eigenvalue weighted by atomic mass is 15.4. The number of anilines is 1. The molecule has 2 nitrogen and oxygen atoms in total. The minimum absolute atomic E-state index is 1.09. The summed E-state index contributed by atoms with van der Waals surface area (Å²) in [5.74, 6) is 0. The number of hydrogen-bond acceptors (Lipinski definition) is 1. The zero-order valence-electron chi connectivity index (χ0n) is 11.9. The summed E-state index contributed by atoms with van der Waals surface area (Å²) in [5, 5.41) is 2.54. The molecule has 0 fully saturated rings. The molecule has 0 spiro atoms. The maximum atomic E-state index is 3.51. The van der Waals surface area contributed by atoms with Crippen LogP contribution in [-0.4, -0.2) is 4.68 Å². The number of nitrogens with zero attached hydrogens (tertiary/aromatic N) is 1. The molecule has 2 heteroatoms. The SMILES string of the molecule is Cc1ccc(Nn2c3ccccc3c3ccccc32)cc1. The first kappa shape index (κ1) is 12.0. The van der Waals surface area contributed by atoms with Crippen molar-refractivity contribution >= 4 is 27.5 Å². The first-order valence-electron chi connectivity index (χ1n) is 7.15. The third kappa shape index (κ3) is 1.96. The van der Waals surface area contributed by atoms with Crippen molar-refractivity contribution in [3.05, 3.63) is 78.4 Å². The van der Waals surface area contributed by atoms with E-state index >= 15 is 0 Å². The third-order valence-electron chi connectivity index (χ3n) is 3.87. The molecule has 102 valence electrons. The van der Waals surface area contributed by atoms with E-state index in [1.54, 1.807) is 0 Å². The van der Waals surface area contributed by atoms with Crippen molar-refractivity contribution in [3.63, 3.8) is 0 Å². The van der Waals surface area contributed by atoms with Crippen LogP contribution in [0.25, 0.3) is 21.8 Å². The van der Waals surface area contributed by atoms with Gasteiger partial charge < -0.3 is 0 Å². The van der Waals surface area contributed by atoms with E-state index in [1.807, 2.05) is 0 Å². The Hall–Kier alpha value is -2.74. The van der Waals surface area contributed by atoms with Crippen molar-refractivity contribution in [2.75, 3.05) is 5.43 Å². The van der Waals surface area contributed by atoms with Crippen LogP contribution in [-0.2, 0) is 0 Å². The van der Waals surface area contributed by atoms with E-state index in [-0.39, 0.29) is 0 Å². The maximum Gasteiger partial charge on any atom is 0.0709 e. The molecule has 0 bridgehead atoms. The maximum absolute atomic E-state index is 3.51. The Kier molecular flexibility index (Phi) is 2.68. The highest BCUT2D eigenvalue weighted by Crippen LogP contribution is 2.28. The first-order valence-corrected chi connectivity index (χ1v) is 7.15. The quantitative estimate of drug-likeness (QED) is 0.544. The molecule has 1 heterocycles. The molecule has 4 rings (SSSR count). The van der Waals surface area contributed by atoms with E-state index in [2.05, 4.69) is 89.8 Å². The van der Waals surface area contributed by atoms with E-state index in [9.17, 15) is 0 Å². The summed E-state index contributed by atoms with van der Waals surface area (Å²) in [6.07, 6.45) is 0. The second-order valence-corrected chi connectivity index (χ2v) is 5.35. The zero-order valence-corrected chi connectivity index (χ0v) is 11.9. The van der Waals surface area contributed by atoms with Gasteiger partial charge in [0.05, 0.1) is 16.7 Å². The number of aromatic nitrogens is 1. The second kappa shape index (κ2) is 4.67. The highest BCUT2D eigenvalue weighted by molar-refractivity contribution is 6.08. The summed E-state index contributed by atoms with van der Waals surface area (Å²) in [6, 6.07) is 25.4. The lowest BCUT2D eigenvalue weighted by Gasteiger charge is -2.11. The van der Waals surface area contributed by atoms with Crippen LogP contribution < -0.4 is 5.43 Å². The smallest absolute Gasteiger partial charge is 0.0709 e. The van der Waals surface area contributed by atoms with Crippen molar-refractivity contribution in [3.8, 4) is 0 Å². The van der Waals surface area contributed by atoms with E-state index in [0.29, 0.717) is 0 Å². The molecule has 0 aliphatic carbocycles. The van der Waals surface area contributed by atoms with Crippen LogP contribution >= 0.6 is 0 Å². The number of fused-ring (bicyclic) bond motifs is 3. The van der Waals surface area contributed by atoms with Crippen molar-refractivity contribution < 1.29 is 0 Å². The summed E-state index contributed by atoms with van der Waals surface area (Å²) in [5.41, 5.74) is 8.26. The standard InChI is InChI=1S/C19H16N2/c1-14-10-12-15(13-11-14)20-21-18-8-4-2-6-16(18)17-7-3-5-9-19(17)21/h2-13,20H,1H3. The molecule has 3 aromatic carbocycles. The van der Waals surface area contributed by atoms with Gasteiger partial charge >= 0.3 is 0 Å². The van der Waals surface area contributed by atoms with E-state index < -0.39 is 0 Å². The number of hydrogen-bond donors (Lipinski definition) is 1. The number of benzene rings is 3. The third-order valence-corrected chi connectivity index (χ3v) is 3.87. The predicted octanol–water partition coefficient (Wildman–Crippen LogP) is 4.98. The molecule has 0 saturated carbocycles. The van der Waals surface area contributed by atoms with Crippen LogP contribution in [0.3, 0.4) is 0 Å². The fourth-order valence-electron chi connectivity index (χ4n) is 2.80. The summed E-state index contributed by atoms with van der Waals surface area (Å²) in [6.45, 7) is 2.10. The number of rotatable bonds is 2. The number of nitrogens with one attached hydrogen (secondary N) is 1. The Labute approximate surface area is 123 Å². The molecule has 21 heavy (non-hydrogen) atoms. The van der Waals surface area contributed by atoms with Crippen molar-refractivity contribution in [2.45, 2.75) is 6.92 Å². The molecule has 1 N–H and O–H groups in total. The molecular weight excluding hydrogens is 256 g/mol. The Morgan fingerprint density at radius 1 is 0.667 bits per heavy atom. The highest BCUT2D eigenvalue weighted by Gasteiger charge is 2.09. The van der Waals surface area contributed by atoms with E-state index in [0.717, 1.165) is 5.69 Å². The average molecular weight is 272 g/mol. The second-order valence-electron chi connectivity index (χ2n) is 5.35. The molecule has 1 aromatic heterocycles. The molecule has 0 amide bonds. The lowest BCUT2D eigenvalue weighted by Crippen LogP contribution is -2.08. The van der Waals surface area contributed by atoms with Gasteiger partial charge in [0.2, 0.25) is 0 Å². The minimum atomic E-state index is 1.09. The minimum Gasteiger partial charge on any atom is -0.294 e. The normalized spacial score (nSPS) is 11.1. The van der Waals surface area contributed by atoms with Crippen molar-refractivity contribution in [1.29, 1.82) is 0 Å². The van der Waals surface area contributed by atoms with Crippen LogP contribution in [0.1, 0.15) is 5.56 Å². The fraction of sp³-hybridized carbons (Fsp3) is 0.0526. The largest absolute Gasteiger partial charge is 0.294 e. The van der Waals surface area contributed by atoms with E-state index in [1.165, 1.54) is 27.4 Å². The Balaban J connectivity index is 1.95. The first-order chi connectivity index (χ1) is 10.3. The number of para-hydroxylation sites is 2. The van der Waals surface area contributed by atoms with Gasteiger partial charge in [-0.25, -0.2) is 0 Å². The molecular formula is C19H16N2. The van der Waals surface area contributed by atoms with Crippen LogP contribution in [0.15, 0.2) is 72.8 Å². The fourth-order valence-corrected chi connectivity index (χ4v) is 2.80. The van der Waals surface area contributed by atoms with Gasteiger partial charge in [0.1, 0.15) is 0 Å². The molecule has 0 aliphatic rings. The molecule has 0 radical (unpaired) electrons. The van der Waals surface area contributed by atoms with Gasteiger partial charge in [-0.2, -0.15) is 0 Å². The number of aryl methyl sites for hydroxylation is 1. The van der Waals surface area contributed by atoms with Crippen LogP contribution in [0.2, 0.25) is 0 Å². The van der Waals surface area contributed by atoms with Gasteiger partial charge in [-0.15, -0.1) is 0 Å². The van der Waals surface area contributed by atoms with Crippen LogP contribution in [0.5, 0.6) is 0 Å². The average Bonchev–Trinajstić information content (AvgIpc) is 2.85. The molecule has 4 aromatic rings. The summed E-state index contributed by atoms with van der Waals surface area (Å²) in [4.78, 5) is 0. The Bertz CT molecular complexity index is 864. The molecule has 0 saturated heterocycles. The van der Waals surface area contributed by atoms with Gasteiger partial charge in [0, 0.05) is 10.8 Å². The molecule has 0 atom stereocenters. The van der Waals surface area contributed by atoms with Crippen LogP contribution in [0, 0.1) is 6.92 Å². The van der Waals surface area contributed by atoms with Crippen molar-refractivity contribution in [1.82, 2.24) is 4.68 Å². The monoisotopic (exact) mass is 272 g/mol. The molecule has 0 aliphatic heterocycles. The summed E-state index contributed by atoms with van der Waals surface area (Å²) >= 11 is 0. The van der Waals surface area contributed by atoms with Crippen molar-refractivity contribution in [2.24, 2.45) is 0 Å². The molecule has 0 unspecified atom stereocenters. The summed E-state index contributed by atoms with van der Waals surface area (Å²) in [7, 11) is 0. The zero-order chi connectivity index (χ0) is 14.2. The topological polar surface area (TPSA) is 17.0 Å². The van der Waals surface area contributed by atoms with Gasteiger partial charge in [-0.1, -0.05) is 54.1 Å². The Morgan fingerprint density at radius 2 is 1.19 bits per heavy atom. The summed E-state index contributed by atoms with van der Waals surface area (Å²) < 4.78 is 2.16.